The molecule has 0 bridgehead atoms. The van der Waals surface area contributed by atoms with Crippen LogP contribution in [-0.4, -0.2) is 17.2 Å². The van der Waals surface area contributed by atoms with Crippen LogP contribution in [0, 0.1) is 6.92 Å². The summed E-state index contributed by atoms with van der Waals surface area (Å²) in [6.07, 6.45) is 0. The van der Waals surface area contributed by atoms with Gasteiger partial charge in [0, 0.05) is 0 Å². The Morgan fingerprint density at radius 1 is 1.23 bits per heavy atom. The quantitative estimate of drug-likeness (QED) is 0.594. The highest BCUT2D eigenvalue weighted by molar-refractivity contribution is 8.62. The molecule has 1 unspecified atom stereocenters. The molecule has 0 saturated heterocycles. The average Bonchev–Trinajstić information content (AvgIpc) is 2.04. The second-order valence-electron chi connectivity index (χ2n) is 2.48. The van der Waals surface area contributed by atoms with E-state index in [2.05, 4.69) is 0 Å². The van der Waals surface area contributed by atoms with E-state index in [1.807, 2.05) is 0 Å². The first-order chi connectivity index (χ1) is 5.94. The largest absolute Gasteiger partial charge is 0.294 e. The van der Waals surface area contributed by atoms with E-state index in [1.54, 1.807) is 19.1 Å². The van der Waals surface area contributed by atoms with Gasteiger partial charge in [-0.25, -0.2) is 12.6 Å². The van der Waals surface area contributed by atoms with Crippen molar-refractivity contribution in [1.82, 2.24) is 0 Å². The lowest BCUT2D eigenvalue weighted by molar-refractivity contribution is 0.562. The smallest absolute Gasteiger partial charge is 0.282 e. The highest BCUT2D eigenvalue weighted by Crippen LogP contribution is 2.13. The van der Waals surface area contributed by atoms with Gasteiger partial charge in [-0.1, -0.05) is 17.7 Å². The first kappa shape index (κ1) is 10.4. The summed E-state index contributed by atoms with van der Waals surface area (Å²) in [5, 5.41) is 0. The lowest BCUT2D eigenvalue weighted by Crippen LogP contribution is -2.07. The molecule has 1 rings (SSSR count). The second-order valence-corrected chi connectivity index (χ2v) is 6.47. The molecule has 0 aliphatic carbocycles. The number of hydrogen-bond acceptors (Lipinski definition) is 3. The summed E-state index contributed by atoms with van der Waals surface area (Å²) in [7, 11) is -6.93. The Bertz CT molecular complexity index is 418. The maximum atomic E-state index is 11.1. The fourth-order valence-corrected chi connectivity index (χ4v) is 2.25. The molecule has 72 valence electrons. The monoisotopic (exact) mass is 220 g/mol. The summed E-state index contributed by atoms with van der Waals surface area (Å²) in [5.41, 5.74) is 0.891. The Balaban J connectivity index is 3.25. The molecule has 0 aliphatic rings. The third kappa shape index (κ3) is 2.15. The molecule has 0 saturated carbocycles. The summed E-state index contributed by atoms with van der Waals surface area (Å²) in [6, 6.07) is 5.75. The van der Waals surface area contributed by atoms with E-state index in [9.17, 15) is 12.6 Å². The summed E-state index contributed by atoms with van der Waals surface area (Å²) < 4.78 is 41.1. The molecule has 0 radical (unpaired) electrons. The van der Waals surface area contributed by atoms with Gasteiger partial charge < -0.3 is 0 Å². The van der Waals surface area contributed by atoms with Crippen LogP contribution in [0.4, 0.5) is 0 Å². The van der Waals surface area contributed by atoms with Crippen molar-refractivity contribution in [3.63, 3.8) is 0 Å². The van der Waals surface area contributed by atoms with Crippen molar-refractivity contribution in [2.75, 3.05) is 0 Å². The van der Waals surface area contributed by atoms with Gasteiger partial charge in [0.05, 0.1) is 4.90 Å². The van der Waals surface area contributed by atoms with Crippen LogP contribution in [0.15, 0.2) is 29.2 Å². The number of aryl methyl sites for hydroxylation is 1. The number of benzene rings is 1. The normalized spacial score (nSPS) is 14.0. The average molecular weight is 220 g/mol. The second kappa shape index (κ2) is 3.57. The minimum atomic E-state index is -4.07. The molecule has 1 aromatic rings. The van der Waals surface area contributed by atoms with Gasteiger partial charge >= 0.3 is 0 Å². The van der Waals surface area contributed by atoms with E-state index in [0.29, 0.717) is 0 Å². The van der Waals surface area contributed by atoms with Gasteiger partial charge in [0.2, 0.25) is 0 Å². The molecule has 4 nitrogen and oxygen atoms in total. The zero-order valence-corrected chi connectivity index (χ0v) is 8.43. The Morgan fingerprint density at radius 2 is 1.69 bits per heavy atom. The van der Waals surface area contributed by atoms with Crippen molar-refractivity contribution in [3.05, 3.63) is 29.8 Å². The molecule has 0 spiro atoms. The maximum Gasteiger partial charge on any atom is 0.282 e. The van der Waals surface area contributed by atoms with Gasteiger partial charge in [-0.15, -0.1) is 0 Å². The molecule has 13 heavy (non-hydrogen) atoms. The van der Waals surface area contributed by atoms with E-state index in [1.165, 1.54) is 12.1 Å². The minimum absolute atomic E-state index is 0.140. The minimum Gasteiger partial charge on any atom is -0.294 e. The summed E-state index contributed by atoms with van der Waals surface area (Å²) in [4.78, 5) is -0.140. The van der Waals surface area contributed by atoms with Crippen LogP contribution < -0.4 is 0 Å². The van der Waals surface area contributed by atoms with Gasteiger partial charge in [-0.3, -0.25) is 4.55 Å². The Hall–Kier alpha value is -0.720. The van der Waals surface area contributed by atoms with Crippen molar-refractivity contribution >= 4 is 19.0 Å². The number of hydrogen-bond donors (Lipinski definition) is 1. The molecular formula is C7H8O4S2. The van der Waals surface area contributed by atoms with Crippen molar-refractivity contribution < 1.29 is 17.2 Å². The van der Waals surface area contributed by atoms with Crippen LogP contribution in [0.3, 0.4) is 0 Å². The molecule has 1 atom stereocenters. The highest BCUT2D eigenvalue weighted by atomic mass is 33.2. The van der Waals surface area contributed by atoms with E-state index >= 15 is 0 Å². The molecule has 1 N–H and O–H groups in total. The van der Waals surface area contributed by atoms with Crippen LogP contribution in [0.25, 0.3) is 0 Å². The van der Waals surface area contributed by atoms with E-state index in [-0.39, 0.29) is 4.90 Å². The predicted molar refractivity (Wildman–Crippen MR) is 49.1 cm³/mol. The van der Waals surface area contributed by atoms with Gasteiger partial charge in [-0.2, -0.15) is 0 Å². The fourth-order valence-electron chi connectivity index (χ4n) is 0.787. The van der Waals surface area contributed by atoms with Crippen molar-refractivity contribution in [2.45, 2.75) is 11.8 Å². The van der Waals surface area contributed by atoms with Crippen molar-refractivity contribution in [3.8, 4) is 0 Å². The summed E-state index contributed by atoms with van der Waals surface area (Å²) in [5.74, 6) is 0. The maximum absolute atomic E-state index is 11.1. The Labute approximate surface area is 78.2 Å². The lowest BCUT2D eigenvalue weighted by Gasteiger charge is -1.98. The van der Waals surface area contributed by atoms with Gasteiger partial charge in [0.15, 0.2) is 0 Å². The molecule has 0 aliphatic heterocycles. The zero-order chi connectivity index (χ0) is 10.1. The van der Waals surface area contributed by atoms with Crippen LogP contribution >= 0.6 is 0 Å². The van der Waals surface area contributed by atoms with E-state index in [0.717, 1.165) is 5.56 Å². The third-order valence-corrected chi connectivity index (χ3v) is 4.43. The van der Waals surface area contributed by atoms with Crippen LogP contribution in [0.5, 0.6) is 0 Å². The third-order valence-electron chi connectivity index (χ3n) is 1.50. The molecule has 0 amide bonds. The summed E-state index contributed by atoms with van der Waals surface area (Å²) in [6.45, 7) is 1.80. The lowest BCUT2D eigenvalue weighted by atomic mass is 10.2. The number of rotatable bonds is 2. The highest BCUT2D eigenvalue weighted by Gasteiger charge is 2.20. The molecular weight excluding hydrogens is 212 g/mol. The topological polar surface area (TPSA) is 71.4 Å². The van der Waals surface area contributed by atoms with Gasteiger partial charge in [0.25, 0.3) is 19.0 Å². The standard InChI is InChI=1S/C7H8O4S2/c1-6-2-4-7(5-3-6)13(10,11)12(8)9/h2-5H,1H3,(H,8,9). The fraction of sp³-hybridized carbons (Fsp3) is 0.143. The molecule has 1 aromatic carbocycles. The summed E-state index contributed by atoms with van der Waals surface area (Å²) >= 11 is 0. The van der Waals surface area contributed by atoms with Crippen LogP contribution in [0.2, 0.25) is 0 Å². The first-order valence-corrected chi connectivity index (χ1v) is 6.48. The Kier molecular flexibility index (Phi) is 2.84. The predicted octanol–water partition coefficient (Wildman–Crippen LogP) is 0.905. The van der Waals surface area contributed by atoms with Crippen LogP contribution in [0.1, 0.15) is 5.56 Å². The van der Waals surface area contributed by atoms with E-state index < -0.39 is 19.0 Å². The van der Waals surface area contributed by atoms with Crippen LogP contribution in [-0.2, 0) is 19.0 Å². The van der Waals surface area contributed by atoms with Gasteiger partial charge in [0.1, 0.15) is 0 Å². The molecule has 6 heteroatoms. The molecule has 0 heterocycles. The van der Waals surface area contributed by atoms with Gasteiger partial charge in [-0.05, 0) is 19.1 Å². The molecule has 0 fully saturated rings. The molecule has 0 aromatic heterocycles. The Morgan fingerprint density at radius 3 is 2.08 bits per heavy atom. The SMILES string of the molecule is Cc1ccc(S(=O)(=O)S(=O)O)cc1. The van der Waals surface area contributed by atoms with Crippen molar-refractivity contribution in [2.24, 2.45) is 0 Å². The van der Waals surface area contributed by atoms with E-state index in [4.69, 9.17) is 4.55 Å². The zero-order valence-electron chi connectivity index (χ0n) is 6.80. The first-order valence-electron chi connectivity index (χ1n) is 3.37. The van der Waals surface area contributed by atoms with Crippen molar-refractivity contribution in [1.29, 1.82) is 0 Å².